The van der Waals surface area contributed by atoms with Gasteiger partial charge in [-0.15, -0.1) is 22.0 Å². The van der Waals surface area contributed by atoms with Crippen LogP contribution in [0.4, 0.5) is 4.39 Å². The summed E-state index contributed by atoms with van der Waals surface area (Å²) in [5.74, 6) is 1.18. The second kappa shape index (κ2) is 5.56. The molecule has 0 radical (unpaired) electrons. The highest BCUT2D eigenvalue weighted by atomic mass is 32.2. The van der Waals surface area contributed by atoms with E-state index in [0.29, 0.717) is 17.0 Å². The number of hydrogen-bond donors (Lipinski definition) is 0. The zero-order valence-electron chi connectivity index (χ0n) is 11.6. The predicted molar refractivity (Wildman–Crippen MR) is 77.1 cm³/mol. The number of aryl methyl sites for hydroxylation is 2. The van der Waals surface area contributed by atoms with Crippen molar-refractivity contribution in [1.82, 2.24) is 10.2 Å². The molecule has 5 heteroatoms. The first kappa shape index (κ1) is 13.6. The number of rotatable bonds is 4. The van der Waals surface area contributed by atoms with Crippen LogP contribution in [-0.4, -0.2) is 10.2 Å². The zero-order valence-corrected chi connectivity index (χ0v) is 12.4. The Morgan fingerprint density at radius 1 is 1.45 bits per heavy atom. The highest BCUT2D eigenvalue weighted by Crippen LogP contribution is 2.47. The molecule has 1 aromatic heterocycles. The first-order valence-corrected chi connectivity index (χ1v) is 7.87. The van der Waals surface area contributed by atoms with Crippen LogP contribution in [0.5, 0.6) is 0 Å². The molecule has 0 spiro atoms. The summed E-state index contributed by atoms with van der Waals surface area (Å²) in [5.41, 5.74) is 2.38. The van der Waals surface area contributed by atoms with Crippen LogP contribution in [0.1, 0.15) is 53.7 Å². The van der Waals surface area contributed by atoms with E-state index < -0.39 is 0 Å². The Morgan fingerprint density at radius 2 is 2.30 bits per heavy atom. The summed E-state index contributed by atoms with van der Waals surface area (Å²) in [5, 5.41) is 8.53. The van der Waals surface area contributed by atoms with Gasteiger partial charge in [0, 0.05) is 11.7 Å². The Labute approximate surface area is 122 Å². The van der Waals surface area contributed by atoms with Gasteiger partial charge >= 0.3 is 0 Å². The van der Waals surface area contributed by atoms with Gasteiger partial charge in [0.1, 0.15) is 5.82 Å². The number of benzene rings is 1. The molecule has 1 heterocycles. The fourth-order valence-electron chi connectivity index (χ4n) is 2.55. The van der Waals surface area contributed by atoms with Gasteiger partial charge in [-0.2, -0.15) is 0 Å². The van der Waals surface area contributed by atoms with Crippen molar-refractivity contribution >= 4 is 11.8 Å². The maximum Gasteiger partial charge on any atom is 0.229 e. The Balaban J connectivity index is 1.75. The summed E-state index contributed by atoms with van der Waals surface area (Å²) in [6, 6.07) is 5.11. The minimum Gasteiger partial charge on any atom is -0.424 e. The lowest BCUT2D eigenvalue weighted by molar-refractivity contribution is 0.456. The summed E-state index contributed by atoms with van der Waals surface area (Å²) in [6.45, 7) is 4.06. The minimum absolute atomic E-state index is 0.127. The van der Waals surface area contributed by atoms with Crippen molar-refractivity contribution in [2.45, 2.75) is 43.6 Å². The Hall–Kier alpha value is -1.36. The van der Waals surface area contributed by atoms with Crippen molar-refractivity contribution in [1.29, 1.82) is 0 Å². The Bertz CT molecular complexity index is 614. The van der Waals surface area contributed by atoms with Crippen LogP contribution in [0, 0.1) is 5.82 Å². The van der Waals surface area contributed by atoms with E-state index in [9.17, 15) is 4.39 Å². The van der Waals surface area contributed by atoms with E-state index in [1.54, 1.807) is 23.9 Å². The molecule has 0 saturated carbocycles. The fourth-order valence-corrected chi connectivity index (χ4v) is 3.88. The first-order chi connectivity index (χ1) is 9.67. The van der Waals surface area contributed by atoms with Crippen molar-refractivity contribution in [3.05, 3.63) is 46.9 Å². The average Bonchev–Trinajstić information content (AvgIpc) is 3.06. The van der Waals surface area contributed by atoms with Crippen molar-refractivity contribution in [3.63, 3.8) is 0 Å². The molecule has 1 aromatic carbocycles. The number of aromatic nitrogens is 2. The summed E-state index contributed by atoms with van der Waals surface area (Å²) >= 11 is 1.77. The highest BCUT2D eigenvalue weighted by Gasteiger charge is 2.27. The molecule has 2 aromatic rings. The van der Waals surface area contributed by atoms with E-state index in [1.165, 1.54) is 5.56 Å². The van der Waals surface area contributed by atoms with Gasteiger partial charge in [0.05, 0.1) is 5.25 Å². The minimum atomic E-state index is -0.157. The zero-order chi connectivity index (χ0) is 14.1. The third kappa shape index (κ3) is 2.59. The van der Waals surface area contributed by atoms with E-state index in [0.717, 1.165) is 24.8 Å². The topological polar surface area (TPSA) is 38.9 Å². The molecule has 0 amide bonds. The van der Waals surface area contributed by atoms with Gasteiger partial charge in [-0.3, -0.25) is 0 Å². The van der Waals surface area contributed by atoms with Crippen molar-refractivity contribution < 1.29 is 8.81 Å². The molecule has 0 saturated heterocycles. The number of hydrogen-bond acceptors (Lipinski definition) is 4. The number of halogens is 1. The second-order valence-corrected chi connectivity index (χ2v) is 6.58. The van der Waals surface area contributed by atoms with Gasteiger partial charge in [0.15, 0.2) is 0 Å². The lowest BCUT2D eigenvalue weighted by Gasteiger charge is -2.14. The second-order valence-electron chi connectivity index (χ2n) is 5.04. The molecule has 106 valence electrons. The Kier molecular flexibility index (Phi) is 3.78. The van der Waals surface area contributed by atoms with Crippen LogP contribution < -0.4 is 0 Å². The van der Waals surface area contributed by atoms with Crippen molar-refractivity contribution in [2.75, 3.05) is 0 Å². The van der Waals surface area contributed by atoms with Crippen LogP contribution in [0.3, 0.4) is 0 Å². The smallest absolute Gasteiger partial charge is 0.229 e. The summed E-state index contributed by atoms with van der Waals surface area (Å²) in [4.78, 5) is 0. The third-order valence-electron chi connectivity index (χ3n) is 3.63. The fraction of sp³-hybridized carbons (Fsp3) is 0.467. The van der Waals surface area contributed by atoms with Gasteiger partial charge in [-0.1, -0.05) is 13.0 Å². The van der Waals surface area contributed by atoms with Crippen molar-refractivity contribution in [2.24, 2.45) is 0 Å². The molecular weight excluding hydrogens is 275 g/mol. The van der Waals surface area contributed by atoms with Crippen LogP contribution >= 0.6 is 11.8 Å². The van der Waals surface area contributed by atoms with E-state index in [2.05, 4.69) is 17.1 Å². The summed E-state index contributed by atoms with van der Waals surface area (Å²) in [6.07, 6.45) is 2.81. The van der Waals surface area contributed by atoms with Gasteiger partial charge in [0.2, 0.25) is 11.8 Å². The lowest BCUT2D eigenvalue weighted by atomic mass is 10.1. The molecule has 0 fully saturated rings. The van der Waals surface area contributed by atoms with Crippen LogP contribution in [0.25, 0.3) is 0 Å². The molecule has 3 nitrogen and oxygen atoms in total. The summed E-state index contributed by atoms with van der Waals surface area (Å²) < 4.78 is 19.0. The normalized spacial score (nSPS) is 19.1. The third-order valence-corrected chi connectivity index (χ3v) is 5.06. The average molecular weight is 292 g/mol. The van der Waals surface area contributed by atoms with Gasteiger partial charge < -0.3 is 4.42 Å². The largest absolute Gasteiger partial charge is 0.424 e. The van der Waals surface area contributed by atoms with Crippen LogP contribution in [0.15, 0.2) is 22.6 Å². The highest BCUT2D eigenvalue weighted by molar-refractivity contribution is 7.99. The van der Waals surface area contributed by atoms with E-state index in [1.807, 2.05) is 13.0 Å². The van der Waals surface area contributed by atoms with Crippen LogP contribution in [-0.2, 0) is 12.8 Å². The first-order valence-electron chi connectivity index (χ1n) is 6.93. The van der Waals surface area contributed by atoms with Gasteiger partial charge in [-0.25, -0.2) is 4.39 Å². The van der Waals surface area contributed by atoms with Gasteiger partial charge in [-0.05, 0) is 43.0 Å². The monoisotopic (exact) mass is 292 g/mol. The van der Waals surface area contributed by atoms with Crippen LogP contribution in [0.2, 0.25) is 0 Å². The Morgan fingerprint density at radius 3 is 3.05 bits per heavy atom. The predicted octanol–water partition coefficient (Wildman–Crippen LogP) is 4.25. The summed E-state index contributed by atoms with van der Waals surface area (Å²) in [7, 11) is 0. The van der Waals surface area contributed by atoms with E-state index in [-0.39, 0.29) is 11.1 Å². The standard InChI is InChI=1S/C15H17FN2OS/c1-3-14-17-18-15(19-14)9(2)20-13-7-5-10-4-6-11(16)8-12(10)13/h4,6,8-9,13H,3,5,7H2,1-2H3/t9-,13-/m0/s1. The lowest BCUT2D eigenvalue weighted by Crippen LogP contribution is -1.95. The molecule has 1 aliphatic rings. The van der Waals surface area contributed by atoms with E-state index >= 15 is 0 Å². The molecule has 0 bridgehead atoms. The number of nitrogens with zero attached hydrogens (tertiary/aromatic N) is 2. The maximum absolute atomic E-state index is 13.4. The maximum atomic E-state index is 13.4. The SMILES string of the molecule is CCc1nnc([C@H](C)S[C@H]2CCc3ccc(F)cc32)o1. The molecule has 1 aliphatic carbocycles. The molecule has 0 N–H and O–H groups in total. The molecule has 0 unspecified atom stereocenters. The van der Waals surface area contributed by atoms with E-state index in [4.69, 9.17) is 4.42 Å². The molecule has 20 heavy (non-hydrogen) atoms. The number of thioether (sulfide) groups is 1. The van der Waals surface area contributed by atoms with Gasteiger partial charge in [0.25, 0.3) is 0 Å². The molecule has 3 rings (SSSR count). The number of fused-ring (bicyclic) bond motifs is 1. The molecule has 2 atom stereocenters. The molecule has 0 aliphatic heterocycles. The molecular formula is C15H17FN2OS. The van der Waals surface area contributed by atoms with Crippen molar-refractivity contribution in [3.8, 4) is 0 Å². The quantitative estimate of drug-likeness (QED) is 0.844.